The van der Waals surface area contributed by atoms with E-state index in [9.17, 15) is 0 Å². The number of hydrogen-bond donors (Lipinski definition) is 0. The molecule has 3 aliphatic rings. The van der Waals surface area contributed by atoms with Crippen LogP contribution in [0.1, 0.15) is 87.2 Å². The van der Waals surface area contributed by atoms with E-state index in [-0.39, 0.29) is 0 Å². The molecule has 0 atom stereocenters. The van der Waals surface area contributed by atoms with Crippen molar-refractivity contribution in [2.45, 2.75) is 76.0 Å². The molecular formula is C45H42N4O. The normalized spacial score (nSPS) is 16.4. The topological polar surface area (TPSA) is 51.1 Å². The number of ether oxygens (including phenoxy) is 1. The van der Waals surface area contributed by atoms with Crippen LogP contribution in [0.15, 0.2) is 121 Å². The second-order valence-corrected chi connectivity index (χ2v) is 14.1. The second kappa shape index (κ2) is 13.5. The Labute approximate surface area is 295 Å². The molecule has 2 saturated carbocycles. The predicted octanol–water partition coefficient (Wildman–Crippen LogP) is 12.5. The molecule has 248 valence electrons. The lowest BCUT2D eigenvalue weighted by atomic mass is 9.83. The Hall–Kier alpha value is -5.29. The fraction of sp³-hybridized carbons (Fsp3) is 0.267. The van der Waals surface area contributed by atoms with Crippen molar-refractivity contribution in [1.82, 2.24) is 15.0 Å². The molecule has 0 saturated heterocycles. The van der Waals surface area contributed by atoms with Crippen LogP contribution < -0.4 is 9.64 Å². The molecule has 0 N–H and O–H groups in total. The van der Waals surface area contributed by atoms with Crippen LogP contribution in [-0.4, -0.2) is 15.0 Å². The highest BCUT2D eigenvalue weighted by molar-refractivity contribution is 5.87. The van der Waals surface area contributed by atoms with Crippen molar-refractivity contribution in [2.24, 2.45) is 0 Å². The molecule has 2 heterocycles. The van der Waals surface area contributed by atoms with E-state index >= 15 is 0 Å². The maximum absolute atomic E-state index is 6.83. The van der Waals surface area contributed by atoms with Crippen molar-refractivity contribution >= 4 is 17.1 Å². The van der Waals surface area contributed by atoms with Crippen LogP contribution in [0, 0.1) is 0 Å². The van der Waals surface area contributed by atoms with Gasteiger partial charge in [-0.05, 0) is 97.2 Å². The minimum atomic E-state index is 0.613. The van der Waals surface area contributed by atoms with Gasteiger partial charge in [-0.15, -0.1) is 0 Å². The molecule has 50 heavy (non-hydrogen) atoms. The SMILES string of the molecule is c1ccc(-c2nc(-c3ccccc3)nc(-c3ccc(N4c5ccc(C6CCCCC6)cc5Oc5cc(C6CCCCC6)ccc54)cc3)n2)cc1. The van der Waals surface area contributed by atoms with Gasteiger partial charge >= 0.3 is 0 Å². The summed E-state index contributed by atoms with van der Waals surface area (Å²) in [6.45, 7) is 0. The van der Waals surface area contributed by atoms with Gasteiger partial charge in [0.2, 0.25) is 0 Å². The van der Waals surface area contributed by atoms with Gasteiger partial charge in [-0.2, -0.15) is 0 Å². The molecule has 0 unspecified atom stereocenters. The Morgan fingerprint density at radius 3 is 1.30 bits per heavy atom. The van der Waals surface area contributed by atoms with E-state index in [0.717, 1.165) is 45.3 Å². The van der Waals surface area contributed by atoms with E-state index in [1.165, 1.54) is 75.3 Å². The van der Waals surface area contributed by atoms with Gasteiger partial charge in [0, 0.05) is 22.4 Å². The molecule has 1 aliphatic heterocycles. The van der Waals surface area contributed by atoms with Crippen LogP contribution >= 0.6 is 0 Å². The highest BCUT2D eigenvalue weighted by Gasteiger charge is 2.29. The molecule has 0 radical (unpaired) electrons. The summed E-state index contributed by atoms with van der Waals surface area (Å²) in [4.78, 5) is 17.2. The number of fused-ring (bicyclic) bond motifs is 2. The molecule has 6 aromatic rings. The lowest BCUT2D eigenvalue weighted by Crippen LogP contribution is -2.17. The number of anilines is 3. The molecule has 0 bridgehead atoms. The van der Waals surface area contributed by atoms with E-state index in [2.05, 4.69) is 65.6 Å². The Morgan fingerprint density at radius 1 is 0.440 bits per heavy atom. The first-order chi connectivity index (χ1) is 24.8. The summed E-state index contributed by atoms with van der Waals surface area (Å²) in [5.41, 5.74) is 8.92. The highest BCUT2D eigenvalue weighted by Crippen LogP contribution is 2.52. The van der Waals surface area contributed by atoms with E-state index < -0.39 is 0 Å². The molecule has 2 fully saturated rings. The molecule has 0 spiro atoms. The summed E-state index contributed by atoms with van der Waals surface area (Å²) in [6, 6.07) is 42.8. The number of nitrogens with zero attached hydrogens (tertiary/aromatic N) is 4. The quantitative estimate of drug-likeness (QED) is 0.179. The number of aromatic nitrogens is 3. The van der Waals surface area contributed by atoms with Gasteiger partial charge in [-0.1, -0.05) is 111 Å². The first-order valence-corrected chi connectivity index (χ1v) is 18.5. The summed E-state index contributed by atoms with van der Waals surface area (Å²) in [6.07, 6.45) is 13.0. The molecule has 5 nitrogen and oxygen atoms in total. The van der Waals surface area contributed by atoms with E-state index in [1.807, 2.05) is 60.7 Å². The van der Waals surface area contributed by atoms with E-state index in [0.29, 0.717) is 29.3 Å². The smallest absolute Gasteiger partial charge is 0.164 e. The van der Waals surface area contributed by atoms with E-state index in [1.54, 1.807) is 0 Å². The van der Waals surface area contributed by atoms with Crippen LogP contribution in [0.2, 0.25) is 0 Å². The zero-order valence-corrected chi connectivity index (χ0v) is 28.5. The fourth-order valence-electron chi connectivity index (χ4n) is 8.20. The third-order valence-corrected chi connectivity index (χ3v) is 10.9. The molecule has 5 aromatic carbocycles. The second-order valence-electron chi connectivity index (χ2n) is 14.1. The van der Waals surface area contributed by atoms with Gasteiger partial charge in [0.1, 0.15) is 0 Å². The minimum Gasteiger partial charge on any atom is -0.453 e. The summed E-state index contributed by atoms with van der Waals surface area (Å²) in [5, 5.41) is 0. The Morgan fingerprint density at radius 2 is 0.860 bits per heavy atom. The fourth-order valence-corrected chi connectivity index (χ4v) is 8.20. The third kappa shape index (κ3) is 6.06. The molecule has 9 rings (SSSR count). The zero-order chi connectivity index (χ0) is 33.3. The first kappa shape index (κ1) is 30.7. The lowest BCUT2D eigenvalue weighted by molar-refractivity contribution is 0.435. The molecule has 1 aromatic heterocycles. The average molecular weight is 655 g/mol. The van der Waals surface area contributed by atoms with Crippen LogP contribution in [-0.2, 0) is 0 Å². The van der Waals surface area contributed by atoms with Crippen molar-refractivity contribution in [3.63, 3.8) is 0 Å². The van der Waals surface area contributed by atoms with Crippen LogP contribution in [0.4, 0.5) is 17.1 Å². The lowest BCUT2D eigenvalue weighted by Gasteiger charge is -2.34. The summed E-state index contributed by atoms with van der Waals surface area (Å²) in [5.74, 6) is 5.10. The number of rotatable bonds is 6. The van der Waals surface area contributed by atoms with Gasteiger partial charge in [0.15, 0.2) is 29.0 Å². The maximum Gasteiger partial charge on any atom is 0.164 e. The standard InChI is InChI=1S/C45H42N4O/c1-5-13-31(14-6-1)36-23-27-39-41(29-36)50-42-30-37(32-15-7-2-8-16-32)24-28-40(42)49(39)38-25-21-35(22-26-38)45-47-43(33-17-9-3-10-18-33)46-44(48-45)34-19-11-4-12-20-34/h3-4,9-12,17-32H,1-2,5-8,13-16H2. The number of hydrogen-bond acceptors (Lipinski definition) is 5. The van der Waals surface area contributed by atoms with Gasteiger partial charge in [0.05, 0.1) is 11.4 Å². The molecule has 0 amide bonds. The van der Waals surface area contributed by atoms with Gasteiger partial charge in [0.25, 0.3) is 0 Å². The van der Waals surface area contributed by atoms with Crippen LogP contribution in [0.5, 0.6) is 11.5 Å². The Kier molecular flexibility index (Phi) is 8.33. The van der Waals surface area contributed by atoms with Gasteiger partial charge < -0.3 is 9.64 Å². The Balaban J connectivity index is 1.11. The van der Waals surface area contributed by atoms with Crippen LogP contribution in [0.3, 0.4) is 0 Å². The van der Waals surface area contributed by atoms with Crippen LogP contribution in [0.25, 0.3) is 34.2 Å². The maximum atomic E-state index is 6.83. The first-order valence-electron chi connectivity index (χ1n) is 18.5. The third-order valence-electron chi connectivity index (χ3n) is 10.9. The molecule has 5 heteroatoms. The van der Waals surface area contributed by atoms with Crippen molar-refractivity contribution in [3.05, 3.63) is 132 Å². The van der Waals surface area contributed by atoms with Gasteiger partial charge in [-0.25, -0.2) is 15.0 Å². The van der Waals surface area contributed by atoms with Crippen molar-refractivity contribution in [2.75, 3.05) is 4.90 Å². The highest BCUT2D eigenvalue weighted by atomic mass is 16.5. The Bertz CT molecular complexity index is 1980. The van der Waals surface area contributed by atoms with Crippen molar-refractivity contribution in [3.8, 4) is 45.7 Å². The predicted molar refractivity (Wildman–Crippen MR) is 203 cm³/mol. The van der Waals surface area contributed by atoms with Gasteiger partial charge in [-0.3, -0.25) is 0 Å². The summed E-state index contributed by atoms with van der Waals surface area (Å²) >= 11 is 0. The largest absolute Gasteiger partial charge is 0.453 e. The number of benzene rings is 5. The molecule has 2 aliphatic carbocycles. The molecular weight excluding hydrogens is 613 g/mol. The average Bonchev–Trinajstić information content (AvgIpc) is 3.21. The summed E-state index contributed by atoms with van der Waals surface area (Å²) < 4.78 is 6.83. The monoisotopic (exact) mass is 654 g/mol. The zero-order valence-electron chi connectivity index (χ0n) is 28.5. The summed E-state index contributed by atoms with van der Waals surface area (Å²) in [7, 11) is 0. The van der Waals surface area contributed by atoms with E-state index in [4.69, 9.17) is 19.7 Å². The van der Waals surface area contributed by atoms with Crippen molar-refractivity contribution in [1.29, 1.82) is 0 Å². The van der Waals surface area contributed by atoms with Crippen molar-refractivity contribution < 1.29 is 4.74 Å². The minimum absolute atomic E-state index is 0.613.